The second-order valence-electron chi connectivity index (χ2n) is 2.87. The summed E-state index contributed by atoms with van der Waals surface area (Å²) in [5, 5.41) is 8.43. The Balaban J connectivity index is 2.31. The second-order valence-corrected chi connectivity index (χ2v) is 2.87. The van der Waals surface area contributed by atoms with Crippen molar-refractivity contribution in [1.29, 1.82) is 0 Å². The molecule has 0 amide bonds. The van der Waals surface area contributed by atoms with Gasteiger partial charge in [0.2, 0.25) is 0 Å². The molecule has 15 heavy (non-hydrogen) atoms. The molecule has 0 unspecified atom stereocenters. The average Bonchev–Trinajstić information content (AvgIpc) is 2.20. The van der Waals surface area contributed by atoms with Gasteiger partial charge in [-0.15, -0.1) is 0 Å². The molecule has 0 aliphatic rings. The predicted molar refractivity (Wildman–Crippen MR) is 54.2 cm³/mol. The summed E-state index contributed by atoms with van der Waals surface area (Å²) in [5.74, 6) is 0.0420. The Morgan fingerprint density at radius 1 is 1.27 bits per heavy atom. The van der Waals surface area contributed by atoms with Gasteiger partial charge in [0.05, 0.1) is 25.5 Å². The van der Waals surface area contributed by atoms with E-state index in [0.29, 0.717) is 19.0 Å². The predicted octanol–water partition coefficient (Wildman–Crippen LogP) is 0.796. The Kier molecular flexibility index (Phi) is 4.86. The maximum Gasteiger partial charge on any atom is 0.142 e. The Bertz CT molecular complexity index is 307. The molecule has 1 rings (SSSR count). The Hall–Kier alpha value is -1.33. The van der Waals surface area contributed by atoms with Crippen molar-refractivity contribution in [3.05, 3.63) is 24.0 Å². The van der Waals surface area contributed by atoms with Crippen LogP contribution >= 0.6 is 0 Å². The van der Waals surface area contributed by atoms with Gasteiger partial charge in [-0.3, -0.25) is 0 Å². The van der Waals surface area contributed by atoms with Gasteiger partial charge in [0.25, 0.3) is 0 Å². The molecule has 0 bridgehead atoms. The molecular formula is C10H14FNO3. The average molecular weight is 215 g/mol. The van der Waals surface area contributed by atoms with E-state index in [1.165, 1.54) is 18.2 Å². The largest absolute Gasteiger partial charge is 0.489 e. The highest BCUT2D eigenvalue weighted by molar-refractivity contribution is 5.52. The first-order valence-electron chi connectivity index (χ1n) is 4.60. The summed E-state index contributed by atoms with van der Waals surface area (Å²) < 4.78 is 22.9. The van der Waals surface area contributed by atoms with Crippen LogP contribution in [0.2, 0.25) is 0 Å². The molecular weight excluding hydrogens is 201 g/mol. The Labute approximate surface area is 87.4 Å². The van der Waals surface area contributed by atoms with Gasteiger partial charge in [0.15, 0.2) is 0 Å². The van der Waals surface area contributed by atoms with Gasteiger partial charge in [-0.1, -0.05) is 0 Å². The van der Waals surface area contributed by atoms with Crippen LogP contribution in [0.5, 0.6) is 5.75 Å². The molecule has 4 nitrogen and oxygen atoms in total. The zero-order valence-corrected chi connectivity index (χ0v) is 8.28. The van der Waals surface area contributed by atoms with Crippen LogP contribution in [-0.2, 0) is 4.74 Å². The first-order valence-corrected chi connectivity index (χ1v) is 4.60. The molecule has 0 spiro atoms. The lowest BCUT2D eigenvalue weighted by Gasteiger charge is -2.08. The first-order chi connectivity index (χ1) is 7.24. The van der Waals surface area contributed by atoms with E-state index in [1.54, 1.807) is 0 Å². The fraction of sp³-hybridized carbons (Fsp3) is 0.400. The van der Waals surface area contributed by atoms with E-state index in [4.69, 9.17) is 20.3 Å². The van der Waals surface area contributed by atoms with Crippen LogP contribution in [0.25, 0.3) is 0 Å². The number of anilines is 1. The molecule has 0 aliphatic heterocycles. The minimum atomic E-state index is -0.392. The minimum Gasteiger partial charge on any atom is -0.489 e. The van der Waals surface area contributed by atoms with E-state index in [2.05, 4.69) is 0 Å². The summed E-state index contributed by atoms with van der Waals surface area (Å²) in [4.78, 5) is 0. The lowest BCUT2D eigenvalue weighted by Crippen LogP contribution is -2.09. The van der Waals surface area contributed by atoms with E-state index in [1.807, 2.05) is 0 Å². The molecule has 1 aromatic rings. The zero-order valence-electron chi connectivity index (χ0n) is 8.28. The van der Waals surface area contributed by atoms with Crippen LogP contribution in [0.4, 0.5) is 10.1 Å². The molecule has 0 fully saturated rings. The van der Waals surface area contributed by atoms with Gasteiger partial charge in [0.1, 0.15) is 18.2 Å². The number of nitrogens with two attached hydrogens (primary N) is 1. The van der Waals surface area contributed by atoms with E-state index in [9.17, 15) is 4.39 Å². The van der Waals surface area contributed by atoms with Crippen LogP contribution in [0.3, 0.4) is 0 Å². The lowest BCUT2D eigenvalue weighted by molar-refractivity contribution is 0.0706. The number of nitrogen functional groups attached to an aromatic ring is 1. The highest BCUT2D eigenvalue weighted by Crippen LogP contribution is 2.21. The Morgan fingerprint density at radius 2 is 2.07 bits per heavy atom. The molecule has 0 saturated carbocycles. The monoisotopic (exact) mass is 215 g/mol. The van der Waals surface area contributed by atoms with Crippen molar-refractivity contribution in [3.63, 3.8) is 0 Å². The number of rotatable bonds is 6. The van der Waals surface area contributed by atoms with Gasteiger partial charge >= 0.3 is 0 Å². The van der Waals surface area contributed by atoms with Crippen molar-refractivity contribution in [2.45, 2.75) is 0 Å². The van der Waals surface area contributed by atoms with Gasteiger partial charge in [-0.25, -0.2) is 4.39 Å². The van der Waals surface area contributed by atoms with Crippen molar-refractivity contribution in [3.8, 4) is 5.75 Å². The van der Waals surface area contributed by atoms with Gasteiger partial charge < -0.3 is 20.3 Å². The summed E-state index contributed by atoms with van der Waals surface area (Å²) in [7, 11) is 0. The third kappa shape index (κ3) is 4.14. The minimum absolute atomic E-state index is 0.0152. The number of hydrogen-bond acceptors (Lipinski definition) is 4. The van der Waals surface area contributed by atoms with E-state index < -0.39 is 5.82 Å². The summed E-state index contributed by atoms with van der Waals surface area (Å²) >= 11 is 0. The van der Waals surface area contributed by atoms with Crippen molar-refractivity contribution in [2.75, 3.05) is 32.2 Å². The third-order valence-corrected chi connectivity index (χ3v) is 1.69. The van der Waals surface area contributed by atoms with Crippen molar-refractivity contribution in [1.82, 2.24) is 0 Å². The molecule has 3 N–H and O–H groups in total. The topological polar surface area (TPSA) is 64.7 Å². The van der Waals surface area contributed by atoms with Gasteiger partial charge in [-0.05, 0) is 12.1 Å². The van der Waals surface area contributed by atoms with Crippen LogP contribution in [0.1, 0.15) is 0 Å². The summed E-state index contributed by atoms with van der Waals surface area (Å²) in [6.07, 6.45) is 0. The first kappa shape index (κ1) is 11.7. The zero-order chi connectivity index (χ0) is 11.1. The van der Waals surface area contributed by atoms with E-state index in [0.717, 1.165) is 0 Å². The van der Waals surface area contributed by atoms with Crippen molar-refractivity contribution >= 4 is 5.69 Å². The fourth-order valence-corrected chi connectivity index (χ4v) is 1.03. The quantitative estimate of drug-likeness (QED) is 0.544. The molecule has 5 heteroatoms. The highest BCUT2D eigenvalue weighted by Gasteiger charge is 2.01. The SMILES string of the molecule is Nc1cc(F)ccc1OCCOCCO. The highest BCUT2D eigenvalue weighted by atomic mass is 19.1. The number of ether oxygens (including phenoxy) is 2. The van der Waals surface area contributed by atoms with Crippen LogP contribution in [0, 0.1) is 5.82 Å². The van der Waals surface area contributed by atoms with E-state index in [-0.39, 0.29) is 18.9 Å². The van der Waals surface area contributed by atoms with Crippen molar-refractivity contribution < 1.29 is 19.0 Å². The number of hydrogen-bond donors (Lipinski definition) is 2. The number of aliphatic hydroxyl groups excluding tert-OH is 1. The number of halogens is 1. The van der Waals surface area contributed by atoms with Crippen LogP contribution in [-0.4, -0.2) is 31.5 Å². The van der Waals surface area contributed by atoms with Crippen LogP contribution in [0.15, 0.2) is 18.2 Å². The Morgan fingerprint density at radius 3 is 2.73 bits per heavy atom. The molecule has 0 heterocycles. The fourth-order valence-electron chi connectivity index (χ4n) is 1.03. The van der Waals surface area contributed by atoms with Crippen molar-refractivity contribution in [2.24, 2.45) is 0 Å². The molecule has 0 radical (unpaired) electrons. The molecule has 1 aromatic carbocycles. The molecule has 0 aromatic heterocycles. The third-order valence-electron chi connectivity index (χ3n) is 1.69. The molecule has 0 atom stereocenters. The molecule has 0 saturated heterocycles. The van der Waals surface area contributed by atoms with Crippen LogP contribution < -0.4 is 10.5 Å². The smallest absolute Gasteiger partial charge is 0.142 e. The number of aliphatic hydroxyl groups is 1. The normalized spacial score (nSPS) is 10.3. The maximum absolute atomic E-state index is 12.6. The van der Waals surface area contributed by atoms with E-state index >= 15 is 0 Å². The standard InChI is InChI=1S/C10H14FNO3/c11-8-1-2-10(9(12)7-8)15-6-5-14-4-3-13/h1-2,7,13H,3-6,12H2. The molecule has 84 valence electrons. The van der Waals surface area contributed by atoms with Gasteiger partial charge in [-0.2, -0.15) is 0 Å². The summed E-state index contributed by atoms with van der Waals surface area (Å²) in [6.45, 7) is 0.939. The number of benzene rings is 1. The summed E-state index contributed by atoms with van der Waals surface area (Å²) in [5.41, 5.74) is 5.78. The van der Waals surface area contributed by atoms with Gasteiger partial charge in [0, 0.05) is 6.07 Å². The maximum atomic E-state index is 12.6. The molecule has 0 aliphatic carbocycles. The lowest BCUT2D eigenvalue weighted by atomic mass is 10.3. The summed E-state index contributed by atoms with van der Waals surface area (Å²) in [6, 6.07) is 3.95. The second kappa shape index (κ2) is 6.21.